The van der Waals surface area contributed by atoms with Gasteiger partial charge in [-0.25, -0.2) is 0 Å². The van der Waals surface area contributed by atoms with Crippen LogP contribution < -0.4 is 10.1 Å². The summed E-state index contributed by atoms with van der Waals surface area (Å²) in [7, 11) is 1.72. The number of ether oxygens (including phenoxy) is 1. The van der Waals surface area contributed by atoms with Crippen LogP contribution in [-0.4, -0.2) is 19.2 Å². The number of benzene rings is 1. The largest absolute Gasteiger partial charge is 0.497 e. The second-order valence-corrected chi connectivity index (χ2v) is 5.02. The first-order valence-corrected chi connectivity index (χ1v) is 6.04. The standard InChI is InChI=1S/C14H21NO/c1-11(2)14(7-8-15-14)10-12-5-4-6-13(9-12)16-3/h4-6,9,11,15H,7-8,10H2,1-3H3. The van der Waals surface area contributed by atoms with Crippen molar-refractivity contribution < 1.29 is 4.74 Å². The predicted molar refractivity (Wildman–Crippen MR) is 66.9 cm³/mol. The third kappa shape index (κ3) is 2.07. The van der Waals surface area contributed by atoms with Crippen molar-refractivity contribution in [2.45, 2.75) is 32.2 Å². The van der Waals surface area contributed by atoms with Gasteiger partial charge >= 0.3 is 0 Å². The van der Waals surface area contributed by atoms with Crippen molar-refractivity contribution >= 4 is 0 Å². The molecule has 88 valence electrons. The average Bonchev–Trinajstić information content (AvgIpc) is 2.23. The summed E-state index contributed by atoms with van der Waals surface area (Å²) >= 11 is 0. The maximum Gasteiger partial charge on any atom is 0.119 e. The zero-order valence-electron chi connectivity index (χ0n) is 10.4. The lowest BCUT2D eigenvalue weighted by atomic mass is 9.73. The first-order valence-electron chi connectivity index (χ1n) is 6.04. The van der Waals surface area contributed by atoms with E-state index in [1.165, 1.54) is 12.0 Å². The fraction of sp³-hybridized carbons (Fsp3) is 0.571. The topological polar surface area (TPSA) is 21.3 Å². The van der Waals surface area contributed by atoms with Crippen molar-refractivity contribution in [2.75, 3.05) is 13.7 Å². The van der Waals surface area contributed by atoms with E-state index in [0.29, 0.717) is 11.5 Å². The predicted octanol–water partition coefficient (Wildman–Crippen LogP) is 2.63. The normalized spacial score (nSPS) is 24.2. The van der Waals surface area contributed by atoms with Crippen LogP contribution in [0.5, 0.6) is 5.75 Å². The molecule has 1 saturated heterocycles. The number of methoxy groups -OCH3 is 1. The van der Waals surface area contributed by atoms with Gasteiger partial charge in [0.2, 0.25) is 0 Å². The summed E-state index contributed by atoms with van der Waals surface area (Å²) in [6.07, 6.45) is 2.38. The Kier molecular flexibility index (Phi) is 3.20. The molecule has 16 heavy (non-hydrogen) atoms. The molecule has 2 rings (SSSR count). The maximum atomic E-state index is 5.26. The highest BCUT2D eigenvalue weighted by molar-refractivity contribution is 5.30. The van der Waals surface area contributed by atoms with Gasteiger partial charge in [0.05, 0.1) is 7.11 Å². The van der Waals surface area contributed by atoms with E-state index in [-0.39, 0.29) is 0 Å². The molecule has 0 amide bonds. The summed E-state index contributed by atoms with van der Waals surface area (Å²) in [6, 6.07) is 8.40. The third-order valence-electron chi connectivity index (χ3n) is 3.81. The first-order chi connectivity index (χ1) is 7.66. The van der Waals surface area contributed by atoms with Gasteiger partial charge in [-0.1, -0.05) is 26.0 Å². The van der Waals surface area contributed by atoms with Gasteiger partial charge in [-0.15, -0.1) is 0 Å². The molecule has 0 bridgehead atoms. The van der Waals surface area contributed by atoms with Crippen molar-refractivity contribution in [1.29, 1.82) is 0 Å². The Morgan fingerprint density at radius 2 is 2.19 bits per heavy atom. The van der Waals surface area contributed by atoms with Crippen LogP contribution in [0.4, 0.5) is 0 Å². The molecule has 1 aliphatic heterocycles. The number of hydrogen-bond donors (Lipinski definition) is 1. The molecule has 1 aromatic carbocycles. The molecule has 1 unspecified atom stereocenters. The van der Waals surface area contributed by atoms with Crippen LogP contribution in [0, 0.1) is 5.92 Å². The van der Waals surface area contributed by atoms with Crippen LogP contribution >= 0.6 is 0 Å². The molecule has 1 heterocycles. The smallest absolute Gasteiger partial charge is 0.119 e. The quantitative estimate of drug-likeness (QED) is 0.840. The Hall–Kier alpha value is -1.02. The minimum absolute atomic E-state index is 0.312. The second kappa shape index (κ2) is 4.46. The molecule has 0 aliphatic carbocycles. The number of hydrogen-bond acceptors (Lipinski definition) is 2. The summed E-state index contributed by atoms with van der Waals surface area (Å²) in [5.74, 6) is 1.63. The van der Waals surface area contributed by atoms with Gasteiger partial charge in [0, 0.05) is 5.54 Å². The molecular formula is C14H21NO. The molecule has 1 N–H and O–H groups in total. The van der Waals surface area contributed by atoms with Gasteiger partial charge in [0.25, 0.3) is 0 Å². The lowest BCUT2D eigenvalue weighted by Gasteiger charge is -2.47. The zero-order chi connectivity index (χ0) is 11.6. The zero-order valence-corrected chi connectivity index (χ0v) is 10.4. The summed E-state index contributed by atoms with van der Waals surface area (Å²) < 4.78 is 5.26. The van der Waals surface area contributed by atoms with Gasteiger partial charge in [0.15, 0.2) is 0 Å². The molecule has 0 aromatic heterocycles. The van der Waals surface area contributed by atoms with E-state index in [0.717, 1.165) is 18.7 Å². The molecule has 1 fully saturated rings. The molecular weight excluding hydrogens is 198 g/mol. The van der Waals surface area contributed by atoms with Crippen molar-refractivity contribution in [3.8, 4) is 5.75 Å². The van der Waals surface area contributed by atoms with Crippen LogP contribution in [0.1, 0.15) is 25.8 Å². The Labute approximate surface area is 98.0 Å². The fourth-order valence-electron chi connectivity index (χ4n) is 2.44. The Bertz CT molecular complexity index is 356. The third-order valence-corrected chi connectivity index (χ3v) is 3.81. The fourth-order valence-corrected chi connectivity index (χ4v) is 2.44. The monoisotopic (exact) mass is 219 g/mol. The summed E-state index contributed by atoms with van der Waals surface area (Å²) in [4.78, 5) is 0. The molecule has 2 heteroatoms. The minimum atomic E-state index is 0.312. The van der Waals surface area contributed by atoms with Crippen molar-refractivity contribution in [3.63, 3.8) is 0 Å². The Morgan fingerprint density at radius 3 is 2.69 bits per heavy atom. The van der Waals surface area contributed by atoms with Crippen LogP contribution in [0.15, 0.2) is 24.3 Å². The van der Waals surface area contributed by atoms with Gasteiger partial charge in [-0.2, -0.15) is 0 Å². The highest BCUT2D eigenvalue weighted by Gasteiger charge is 2.39. The highest BCUT2D eigenvalue weighted by Crippen LogP contribution is 2.32. The number of nitrogens with one attached hydrogen (secondary N) is 1. The first kappa shape index (κ1) is 11.5. The van der Waals surface area contributed by atoms with Crippen LogP contribution in [0.2, 0.25) is 0 Å². The van der Waals surface area contributed by atoms with Crippen LogP contribution in [-0.2, 0) is 6.42 Å². The molecule has 1 aromatic rings. The molecule has 0 spiro atoms. The summed E-state index contributed by atoms with van der Waals surface area (Å²) in [6.45, 7) is 5.75. The van der Waals surface area contributed by atoms with E-state index in [4.69, 9.17) is 4.74 Å². The highest BCUT2D eigenvalue weighted by atomic mass is 16.5. The van der Waals surface area contributed by atoms with Gasteiger partial charge in [-0.3, -0.25) is 0 Å². The van der Waals surface area contributed by atoms with E-state index >= 15 is 0 Å². The molecule has 1 aliphatic rings. The Balaban J connectivity index is 2.13. The SMILES string of the molecule is COc1cccc(CC2(C(C)C)CCN2)c1. The van der Waals surface area contributed by atoms with Crippen molar-refractivity contribution in [3.05, 3.63) is 29.8 Å². The summed E-state index contributed by atoms with van der Waals surface area (Å²) in [5, 5.41) is 3.60. The lowest BCUT2D eigenvalue weighted by Crippen LogP contribution is -2.61. The van der Waals surface area contributed by atoms with E-state index in [9.17, 15) is 0 Å². The molecule has 0 radical (unpaired) electrons. The second-order valence-electron chi connectivity index (χ2n) is 5.02. The minimum Gasteiger partial charge on any atom is -0.497 e. The molecule has 0 saturated carbocycles. The van der Waals surface area contributed by atoms with Gasteiger partial charge in [0.1, 0.15) is 5.75 Å². The van der Waals surface area contributed by atoms with Crippen LogP contribution in [0.25, 0.3) is 0 Å². The lowest BCUT2D eigenvalue weighted by molar-refractivity contribution is 0.139. The number of rotatable bonds is 4. The summed E-state index contributed by atoms with van der Waals surface area (Å²) in [5.41, 5.74) is 1.67. The van der Waals surface area contributed by atoms with E-state index < -0.39 is 0 Å². The van der Waals surface area contributed by atoms with E-state index in [1.54, 1.807) is 7.11 Å². The van der Waals surface area contributed by atoms with Gasteiger partial charge < -0.3 is 10.1 Å². The van der Waals surface area contributed by atoms with Crippen molar-refractivity contribution in [2.24, 2.45) is 5.92 Å². The molecule has 1 atom stereocenters. The van der Waals surface area contributed by atoms with E-state index in [2.05, 4.69) is 37.4 Å². The maximum absolute atomic E-state index is 5.26. The average molecular weight is 219 g/mol. The van der Waals surface area contributed by atoms with E-state index in [1.807, 2.05) is 6.07 Å². The Morgan fingerprint density at radius 1 is 1.44 bits per heavy atom. The molecule has 2 nitrogen and oxygen atoms in total. The van der Waals surface area contributed by atoms with Gasteiger partial charge in [-0.05, 0) is 43.0 Å². The van der Waals surface area contributed by atoms with Crippen molar-refractivity contribution in [1.82, 2.24) is 5.32 Å². The van der Waals surface area contributed by atoms with Crippen LogP contribution in [0.3, 0.4) is 0 Å².